The Bertz CT molecular complexity index is 592. The lowest BCUT2D eigenvalue weighted by Gasteiger charge is -2.30. The van der Waals surface area contributed by atoms with Crippen LogP contribution in [0.25, 0.3) is 0 Å². The second-order valence-electron chi connectivity index (χ2n) is 9.64. The number of carbonyl (C=O) groups excluding carboxylic acids is 2. The maximum absolute atomic E-state index is 11.4. The standard InChI is InChI=1S/C12H20N2O6.C12H23N/c1-5-6-19-10(17)13-7-8(9(15)16)14-11(18)20-12(2,3)4;1-3-7-11(8-4-1)13-12-9-5-2-6-10-12/h5,8H,1,6-7H2,2-4H3,(H,13,17)(H,14,18)(H,15,16);11-13H,1-10H2/t8-;/m1./s1. The van der Waals surface area contributed by atoms with Crippen molar-refractivity contribution < 1.29 is 29.0 Å². The predicted molar refractivity (Wildman–Crippen MR) is 127 cm³/mol. The SMILES string of the molecule is C1CCC(NC2CCCCC2)CC1.C=CCOC(=O)NC[C@@H](NC(=O)OC(C)(C)C)C(=O)O. The Hall–Kier alpha value is -2.29. The summed E-state index contributed by atoms with van der Waals surface area (Å²) in [7, 11) is 0. The van der Waals surface area contributed by atoms with Gasteiger partial charge in [-0.2, -0.15) is 0 Å². The molecule has 9 heteroatoms. The van der Waals surface area contributed by atoms with Crippen LogP contribution < -0.4 is 16.0 Å². The Labute approximate surface area is 198 Å². The third kappa shape index (κ3) is 14.5. The van der Waals surface area contributed by atoms with E-state index < -0.39 is 29.8 Å². The highest BCUT2D eigenvalue weighted by atomic mass is 16.6. The van der Waals surface area contributed by atoms with Crippen LogP contribution in [0.2, 0.25) is 0 Å². The van der Waals surface area contributed by atoms with Crippen LogP contribution in [0.15, 0.2) is 12.7 Å². The third-order valence-corrected chi connectivity index (χ3v) is 5.45. The molecule has 2 saturated carbocycles. The number of ether oxygens (including phenoxy) is 2. The summed E-state index contributed by atoms with van der Waals surface area (Å²) in [5.41, 5.74) is -0.747. The molecule has 2 aliphatic carbocycles. The van der Waals surface area contributed by atoms with Crippen LogP contribution in [0, 0.1) is 0 Å². The minimum Gasteiger partial charge on any atom is -0.480 e. The average Bonchev–Trinajstić information content (AvgIpc) is 2.75. The van der Waals surface area contributed by atoms with Crippen molar-refractivity contribution in [3.63, 3.8) is 0 Å². The molecule has 1 atom stereocenters. The zero-order chi connectivity index (χ0) is 24.7. The first-order valence-corrected chi connectivity index (χ1v) is 12.1. The Balaban J connectivity index is 0.000000357. The van der Waals surface area contributed by atoms with E-state index in [1.165, 1.54) is 70.3 Å². The minimum absolute atomic E-state index is 0.00304. The molecule has 0 aliphatic heterocycles. The minimum atomic E-state index is -1.32. The molecule has 190 valence electrons. The van der Waals surface area contributed by atoms with Crippen LogP contribution >= 0.6 is 0 Å². The summed E-state index contributed by atoms with van der Waals surface area (Å²) in [5.74, 6) is -1.31. The van der Waals surface area contributed by atoms with Crippen LogP contribution in [0.1, 0.15) is 85.0 Å². The van der Waals surface area contributed by atoms with Gasteiger partial charge in [0.25, 0.3) is 0 Å². The van der Waals surface area contributed by atoms with E-state index >= 15 is 0 Å². The molecular formula is C24H43N3O6. The molecule has 9 nitrogen and oxygen atoms in total. The first-order valence-electron chi connectivity index (χ1n) is 12.1. The van der Waals surface area contributed by atoms with Crippen molar-refractivity contribution in [1.29, 1.82) is 0 Å². The lowest BCUT2D eigenvalue weighted by molar-refractivity contribution is -0.139. The Morgan fingerprint density at radius 2 is 1.48 bits per heavy atom. The first kappa shape index (κ1) is 28.7. The van der Waals surface area contributed by atoms with Crippen molar-refractivity contribution in [1.82, 2.24) is 16.0 Å². The highest BCUT2D eigenvalue weighted by molar-refractivity contribution is 5.81. The highest BCUT2D eigenvalue weighted by Crippen LogP contribution is 2.22. The molecule has 0 heterocycles. The fourth-order valence-corrected chi connectivity index (χ4v) is 3.89. The molecule has 0 bridgehead atoms. The van der Waals surface area contributed by atoms with Gasteiger partial charge < -0.3 is 30.5 Å². The molecule has 0 spiro atoms. The number of hydrogen-bond donors (Lipinski definition) is 4. The van der Waals surface area contributed by atoms with E-state index in [0.717, 1.165) is 12.1 Å². The van der Waals surface area contributed by atoms with Gasteiger partial charge in [-0.3, -0.25) is 0 Å². The number of alkyl carbamates (subject to hydrolysis) is 2. The van der Waals surface area contributed by atoms with Gasteiger partial charge in [0.15, 0.2) is 0 Å². The smallest absolute Gasteiger partial charge is 0.408 e. The average molecular weight is 470 g/mol. The maximum Gasteiger partial charge on any atom is 0.408 e. The number of carboxylic acid groups (broad SMARTS) is 1. The summed E-state index contributed by atoms with van der Waals surface area (Å²) in [6.45, 7) is 7.97. The zero-order valence-electron chi connectivity index (χ0n) is 20.5. The van der Waals surface area contributed by atoms with E-state index in [-0.39, 0.29) is 13.2 Å². The number of hydrogen-bond acceptors (Lipinski definition) is 6. The van der Waals surface area contributed by atoms with E-state index in [1.807, 2.05) is 0 Å². The maximum atomic E-state index is 11.4. The first-order chi connectivity index (χ1) is 15.6. The van der Waals surface area contributed by atoms with Gasteiger partial charge >= 0.3 is 18.2 Å². The molecule has 0 aromatic rings. The molecule has 2 amide bonds. The monoisotopic (exact) mass is 469 g/mol. The van der Waals surface area contributed by atoms with Gasteiger partial charge in [0.1, 0.15) is 18.2 Å². The highest BCUT2D eigenvalue weighted by Gasteiger charge is 2.24. The van der Waals surface area contributed by atoms with Gasteiger partial charge in [-0.1, -0.05) is 51.2 Å². The molecule has 0 aromatic heterocycles. The number of rotatable bonds is 8. The summed E-state index contributed by atoms with van der Waals surface area (Å²) in [5, 5.41) is 17.1. The van der Waals surface area contributed by atoms with Crippen molar-refractivity contribution in [2.75, 3.05) is 13.2 Å². The van der Waals surface area contributed by atoms with E-state index in [0.29, 0.717) is 0 Å². The predicted octanol–water partition coefficient (Wildman–Crippen LogP) is 4.12. The van der Waals surface area contributed by atoms with Gasteiger partial charge in [0, 0.05) is 12.1 Å². The summed E-state index contributed by atoms with van der Waals surface area (Å²) < 4.78 is 9.52. The summed E-state index contributed by atoms with van der Waals surface area (Å²) >= 11 is 0. The third-order valence-electron chi connectivity index (χ3n) is 5.45. The van der Waals surface area contributed by atoms with E-state index in [4.69, 9.17) is 9.84 Å². The molecule has 33 heavy (non-hydrogen) atoms. The van der Waals surface area contributed by atoms with Gasteiger partial charge in [-0.05, 0) is 46.5 Å². The van der Waals surface area contributed by atoms with Gasteiger partial charge in [-0.15, -0.1) is 0 Å². The van der Waals surface area contributed by atoms with Crippen LogP contribution in [0.3, 0.4) is 0 Å². The fraction of sp³-hybridized carbons (Fsp3) is 0.792. The second-order valence-corrected chi connectivity index (χ2v) is 9.64. The van der Waals surface area contributed by atoms with Crippen molar-refractivity contribution in [3.05, 3.63) is 12.7 Å². The fourth-order valence-electron chi connectivity index (χ4n) is 3.89. The number of amides is 2. The number of carbonyl (C=O) groups is 3. The molecule has 0 aromatic carbocycles. The van der Waals surface area contributed by atoms with E-state index in [1.54, 1.807) is 20.8 Å². The molecule has 0 unspecified atom stereocenters. The van der Waals surface area contributed by atoms with Gasteiger partial charge in [0.05, 0.1) is 6.54 Å². The summed E-state index contributed by atoms with van der Waals surface area (Å²) in [4.78, 5) is 33.5. The molecule has 0 saturated heterocycles. The van der Waals surface area contributed by atoms with Gasteiger partial charge in [0.2, 0.25) is 0 Å². The Kier molecular flexibility index (Phi) is 13.5. The largest absolute Gasteiger partial charge is 0.480 e. The lowest BCUT2D eigenvalue weighted by Crippen LogP contribution is -2.49. The van der Waals surface area contributed by atoms with E-state index in [9.17, 15) is 14.4 Å². The Morgan fingerprint density at radius 1 is 0.970 bits per heavy atom. The molecule has 2 rings (SSSR count). The van der Waals surface area contributed by atoms with Gasteiger partial charge in [-0.25, -0.2) is 14.4 Å². The number of carboxylic acids is 1. The molecule has 2 aliphatic rings. The molecule has 4 N–H and O–H groups in total. The summed E-state index contributed by atoms with van der Waals surface area (Å²) in [6, 6.07) is 0.426. The molecular weight excluding hydrogens is 426 g/mol. The zero-order valence-corrected chi connectivity index (χ0v) is 20.5. The number of aliphatic carboxylic acids is 1. The normalized spacial score (nSPS) is 18.2. The van der Waals surface area contributed by atoms with Crippen molar-refractivity contribution in [2.45, 2.75) is 109 Å². The second kappa shape index (κ2) is 15.5. The number of nitrogens with one attached hydrogen (secondary N) is 3. The quantitative estimate of drug-likeness (QED) is 0.394. The van der Waals surface area contributed by atoms with Crippen LogP contribution in [0.5, 0.6) is 0 Å². The van der Waals surface area contributed by atoms with Crippen LogP contribution in [-0.4, -0.2) is 60.1 Å². The van der Waals surface area contributed by atoms with Crippen molar-refractivity contribution >= 4 is 18.2 Å². The Morgan fingerprint density at radius 3 is 1.91 bits per heavy atom. The van der Waals surface area contributed by atoms with Crippen LogP contribution in [-0.2, 0) is 14.3 Å². The van der Waals surface area contributed by atoms with Crippen molar-refractivity contribution in [3.8, 4) is 0 Å². The molecule has 2 fully saturated rings. The molecule has 0 radical (unpaired) electrons. The van der Waals surface area contributed by atoms with Crippen molar-refractivity contribution in [2.24, 2.45) is 0 Å². The topological polar surface area (TPSA) is 126 Å². The van der Waals surface area contributed by atoms with Crippen LogP contribution in [0.4, 0.5) is 9.59 Å². The summed E-state index contributed by atoms with van der Waals surface area (Å²) in [6.07, 6.45) is 14.2. The lowest BCUT2D eigenvalue weighted by atomic mass is 9.91. The van der Waals surface area contributed by atoms with E-state index in [2.05, 4.69) is 27.3 Å².